The van der Waals surface area contributed by atoms with E-state index < -0.39 is 0 Å². The lowest BCUT2D eigenvalue weighted by Gasteiger charge is -2.26. The topological polar surface area (TPSA) is 3.24 Å². The molecule has 242 valence electrons. The predicted octanol–water partition coefficient (Wildman–Crippen LogP) is 12.8. The Kier molecular flexibility index (Phi) is 7.15. The van der Waals surface area contributed by atoms with Gasteiger partial charge in [0.2, 0.25) is 6.71 Å². The number of hydrogen-bond donors (Lipinski definition) is 0. The Balaban J connectivity index is 1.12. The molecule has 0 radical (unpaired) electrons. The lowest BCUT2D eigenvalue weighted by Crippen LogP contribution is -2.48. The van der Waals surface area contributed by atoms with Crippen LogP contribution in [-0.4, -0.2) is 6.71 Å². The quantitative estimate of drug-likeness (QED) is 0.155. The van der Waals surface area contributed by atoms with Crippen LogP contribution in [0.25, 0.3) is 50.1 Å². The summed E-state index contributed by atoms with van der Waals surface area (Å²) in [7, 11) is 0. The SMILES string of the molecule is CC(C)c1cc2c(s1)-c1sc(C(C)C)cc1B2c1ccc(N(c2ccc3c(c2)sc2ccccc23)c2ccc3c(c2)sc2ccccc23)cc1. The zero-order valence-electron chi connectivity index (χ0n) is 28.4. The molecule has 0 saturated carbocycles. The van der Waals surface area contributed by atoms with Crippen molar-refractivity contribution in [2.75, 3.05) is 4.90 Å². The van der Waals surface area contributed by atoms with Crippen LogP contribution in [0.3, 0.4) is 0 Å². The molecule has 10 rings (SSSR count). The highest BCUT2D eigenvalue weighted by molar-refractivity contribution is 7.28. The van der Waals surface area contributed by atoms with E-state index >= 15 is 0 Å². The van der Waals surface area contributed by atoms with E-state index in [1.165, 1.54) is 93.3 Å². The number of hydrogen-bond acceptors (Lipinski definition) is 5. The number of anilines is 3. The molecule has 4 aromatic heterocycles. The third kappa shape index (κ3) is 4.76. The van der Waals surface area contributed by atoms with Gasteiger partial charge in [-0.3, -0.25) is 0 Å². The van der Waals surface area contributed by atoms with Crippen molar-refractivity contribution in [2.24, 2.45) is 0 Å². The largest absolute Gasteiger partial charge is 0.310 e. The summed E-state index contributed by atoms with van der Waals surface area (Å²) in [6, 6.07) is 46.0. The highest BCUT2D eigenvalue weighted by atomic mass is 32.1. The highest BCUT2D eigenvalue weighted by Gasteiger charge is 2.38. The molecule has 0 unspecified atom stereocenters. The molecule has 0 atom stereocenters. The van der Waals surface area contributed by atoms with Crippen molar-refractivity contribution >= 4 is 126 Å². The summed E-state index contributed by atoms with van der Waals surface area (Å²) in [4.78, 5) is 8.41. The molecule has 0 N–H and O–H groups in total. The Morgan fingerprint density at radius 2 is 0.880 bits per heavy atom. The fourth-order valence-corrected chi connectivity index (χ4v) is 12.6. The second-order valence-electron chi connectivity index (χ2n) is 14.1. The van der Waals surface area contributed by atoms with Crippen molar-refractivity contribution in [3.05, 3.63) is 131 Å². The molecule has 0 aliphatic carbocycles. The molecule has 0 spiro atoms. The van der Waals surface area contributed by atoms with Crippen LogP contribution in [-0.2, 0) is 0 Å². The first-order chi connectivity index (χ1) is 24.4. The van der Waals surface area contributed by atoms with Crippen molar-refractivity contribution in [1.29, 1.82) is 0 Å². The van der Waals surface area contributed by atoms with Crippen molar-refractivity contribution < 1.29 is 0 Å². The van der Waals surface area contributed by atoms with Gasteiger partial charge in [0.05, 0.1) is 0 Å². The Labute approximate surface area is 309 Å². The van der Waals surface area contributed by atoms with Crippen molar-refractivity contribution in [2.45, 2.75) is 39.5 Å². The van der Waals surface area contributed by atoms with E-state index in [-0.39, 0.29) is 6.71 Å². The molecule has 50 heavy (non-hydrogen) atoms. The molecule has 0 saturated heterocycles. The third-order valence-corrected chi connectivity index (χ3v) is 15.6. The molecule has 1 aliphatic rings. The normalized spacial score (nSPS) is 12.7. The van der Waals surface area contributed by atoms with E-state index in [1.54, 1.807) is 0 Å². The van der Waals surface area contributed by atoms with Gasteiger partial charge < -0.3 is 4.90 Å². The standard InChI is InChI=1S/C44H34BNS4/c1-25(2)39-23-35-43(49-39)44-36(24-40(50-44)26(3)4)45(35)27-13-15-28(16-14-27)46(29-17-19-33-31-9-5-7-11-37(31)47-41(33)21-29)30-18-20-34-32-10-6-8-12-38(32)48-42(34)22-30/h5-26H,1-4H3. The van der Waals surface area contributed by atoms with Gasteiger partial charge in [0, 0.05) is 76.9 Å². The Bertz CT molecular complexity index is 2570. The van der Waals surface area contributed by atoms with Gasteiger partial charge in [0.1, 0.15) is 0 Å². The predicted molar refractivity (Wildman–Crippen MR) is 227 cm³/mol. The molecule has 5 aromatic carbocycles. The first kappa shape index (κ1) is 30.6. The van der Waals surface area contributed by atoms with Gasteiger partial charge in [-0.25, -0.2) is 0 Å². The first-order valence-corrected chi connectivity index (χ1v) is 20.7. The van der Waals surface area contributed by atoms with Gasteiger partial charge in [-0.2, -0.15) is 0 Å². The second-order valence-corrected chi connectivity index (χ2v) is 18.4. The number of fused-ring (bicyclic) bond motifs is 9. The van der Waals surface area contributed by atoms with Crippen LogP contribution in [0.4, 0.5) is 17.1 Å². The minimum Gasteiger partial charge on any atom is -0.310 e. The Hall–Kier alpha value is -4.20. The Morgan fingerprint density at radius 3 is 1.36 bits per heavy atom. The van der Waals surface area contributed by atoms with Crippen LogP contribution in [0.2, 0.25) is 0 Å². The zero-order valence-corrected chi connectivity index (χ0v) is 31.6. The summed E-state index contributed by atoms with van der Waals surface area (Å²) in [6.45, 7) is 9.56. The molecular weight excluding hydrogens is 682 g/mol. The monoisotopic (exact) mass is 715 g/mol. The smallest absolute Gasteiger partial charge is 0.245 e. The summed E-state index contributed by atoms with van der Waals surface area (Å²) in [6.07, 6.45) is 0. The number of nitrogens with zero attached hydrogens (tertiary/aromatic N) is 1. The van der Waals surface area contributed by atoms with Crippen molar-refractivity contribution in [1.82, 2.24) is 0 Å². The maximum atomic E-state index is 2.50. The van der Waals surface area contributed by atoms with Crippen LogP contribution < -0.4 is 21.3 Å². The second kappa shape index (κ2) is 11.7. The lowest BCUT2D eigenvalue weighted by atomic mass is 9.39. The molecule has 0 bridgehead atoms. The van der Waals surface area contributed by atoms with Gasteiger partial charge in [-0.15, -0.1) is 45.3 Å². The molecule has 0 amide bonds. The summed E-state index contributed by atoms with van der Waals surface area (Å²) in [5, 5.41) is 5.32. The number of benzene rings is 5. The number of rotatable bonds is 6. The average molecular weight is 716 g/mol. The first-order valence-electron chi connectivity index (χ1n) is 17.4. The molecule has 1 nitrogen and oxygen atoms in total. The maximum absolute atomic E-state index is 2.50. The summed E-state index contributed by atoms with van der Waals surface area (Å²) in [5.41, 5.74) is 7.89. The van der Waals surface area contributed by atoms with E-state index in [9.17, 15) is 0 Å². The molecule has 5 heterocycles. The summed E-state index contributed by atoms with van der Waals surface area (Å²) < 4.78 is 5.30. The van der Waals surface area contributed by atoms with Crippen LogP contribution in [0, 0.1) is 0 Å². The fraction of sp³-hybridized carbons (Fsp3) is 0.136. The van der Waals surface area contributed by atoms with Crippen LogP contribution >= 0.6 is 45.3 Å². The van der Waals surface area contributed by atoms with E-state index in [0.717, 1.165) is 0 Å². The van der Waals surface area contributed by atoms with Gasteiger partial charge in [-0.05, 0) is 71.3 Å². The summed E-state index contributed by atoms with van der Waals surface area (Å²) >= 11 is 7.78. The van der Waals surface area contributed by atoms with Gasteiger partial charge >= 0.3 is 0 Å². The third-order valence-electron chi connectivity index (χ3n) is 10.3. The fourth-order valence-electron chi connectivity index (χ4n) is 7.70. The van der Waals surface area contributed by atoms with Crippen LogP contribution in [0.1, 0.15) is 49.3 Å². The number of thiophene rings is 4. The molecule has 6 heteroatoms. The molecule has 9 aromatic rings. The van der Waals surface area contributed by atoms with Gasteiger partial charge in [0.15, 0.2) is 0 Å². The van der Waals surface area contributed by atoms with E-state index in [4.69, 9.17) is 0 Å². The van der Waals surface area contributed by atoms with Crippen molar-refractivity contribution in [3.63, 3.8) is 0 Å². The zero-order chi connectivity index (χ0) is 33.7. The lowest BCUT2D eigenvalue weighted by molar-refractivity contribution is 0.890. The van der Waals surface area contributed by atoms with E-state index in [0.29, 0.717) is 11.8 Å². The van der Waals surface area contributed by atoms with E-state index in [1.807, 2.05) is 45.3 Å². The van der Waals surface area contributed by atoms with E-state index in [2.05, 4.69) is 154 Å². The van der Waals surface area contributed by atoms with Crippen molar-refractivity contribution in [3.8, 4) is 9.75 Å². The molecule has 0 fully saturated rings. The minimum atomic E-state index is 0.278. The van der Waals surface area contributed by atoms with Gasteiger partial charge in [-0.1, -0.05) is 106 Å². The maximum Gasteiger partial charge on any atom is 0.245 e. The highest BCUT2D eigenvalue weighted by Crippen LogP contribution is 2.44. The average Bonchev–Trinajstić information content (AvgIpc) is 3.94. The minimum absolute atomic E-state index is 0.278. The Morgan fingerprint density at radius 1 is 0.440 bits per heavy atom. The summed E-state index contributed by atoms with van der Waals surface area (Å²) in [5.74, 6) is 1.07. The molecule has 1 aliphatic heterocycles. The van der Waals surface area contributed by atoms with Crippen LogP contribution in [0.15, 0.2) is 121 Å². The van der Waals surface area contributed by atoms with Crippen LogP contribution in [0.5, 0.6) is 0 Å². The molecular formula is C44H34BNS4. The van der Waals surface area contributed by atoms with Gasteiger partial charge in [0.25, 0.3) is 0 Å².